The molecule has 0 radical (unpaired) electrons. The predicted molar refractivity (Wildman–Crippen MR) is 64.5 cm³/mol. The molecule has 0 aliphatic carbocycles. The highest BCUT2D eigenvalue weighted by Gasteiger charge is 2.28. The van der Waals surface area contributed by atoms with Crippen LogP contribution in [0.3, 0.4) is 0 Å². The number of aryl methyl sites for hydroxylation is 1. The van der Waals surface area contributed by atoms with Crippen LogP contribution >= 0.6 is 11.3 Å². The summed E-state index contributed by atoms with van der Waals surface area (Å²) in [7, 11) is 3.71. The van der Waals surface area contributed by atoms with Crippen molar-refractivity contribution in [3.8, 4) is 0 Å². The van der Waals surface area contributed by atoms with Crippen LogP contribution in [0.5, 0.6) is 0 Å². The van der Waals surface area contributed by atoms with E-state index in [9.17, 15) is 0 Å². The monoisotopic (exact) mass is 228 g/mol. The fraction of sp³-hybridized carbons (Fsp3) is 0.727. The Hall–Kier alpha value is -0.450. The minimum absolute atomic E-state index is 0.172. The Morgan fingerprint density at radius 3 is 2.67 bits per heavy atom. The van der Waals surface area contributed by atoms with Crippen molar-refractivity contribution in [2.24, 2.45) is 0 Å². The van der Waals surface area contributed by atoms with Crippen molar-refractivity contribution in [2.45, 2.75) is 38.8 Å². The summed E-state index contributed by atoms with van der Waals surface area (Å²) in [6, 6.07) is 0.285. The van der Waals surface area contributed by atoms with Crippen molar-refractivity contribution in [1.82, 2.24) is 10.3 Å². The van der Waals surface area contributed by atoms with Gasteiger partial charge >= 0.3 is 0 Å². The van der Waals surface area contributed by atoms with Crippen molar-refractivity contribution in [3.05, 3.63) is 16.1 Å². The number of nitrogens with one attached hydrogen (secondary N) is 1. The maximum Gasteiger partial charge on any atom is 0.0944 e. The van der Waals surface area contributed by atoms with Crippen LogP contribution in [0.25, 0.3) is 0 Å². The molecule has 0 saturated carbocycles. The Morgan fingerprint density at radius 2 is 2.27 bits per heavy atom. The zero-order valence-corrected chi connectivity index (χ0v) is 10.9. The summed E-state index contributed by atoms with van der Waals surface area (Å²) in [6.07, 6.45) is 0.913. The Labute approximate surface area is 95.9 Å². The predicted octanol–water partition coefficient (Wildman–Crippen LogP) is 2.01. The fourth-order valence-electron chi connectivity index (χ4n) is 1.51. The maximum atomic E-state index is 5.48. The fourth-order valence-corrected chi connectivity index (χ4v) is 2.33. The molecule has 86 valence electrons. The van der Waals surface area contributed by atoms with Gasteiger partial charge in [-0.05, 0) is 27.8 Å². The summed E-state index contributed by atoms with van der Waals surface area (Å²) in [5, 5.41) is 6.54. The number of aromatic nitrogens is 1. The molecule has 1 aromatic heterocycles. The molecule has 1 N–H and O–H groups in total. The largest absolute Gasteiger partial charge is 0.377 e. The van der Waals surface area contributed by atoms with E-state index in [0.717, 1.165) is 17.1 Å². The molecular formula is C11H20N2OS. The molecule has 0 amide bonds. The smallest absolute Gasteiger partial charge is 0.0944 e. The average Bonchev–Trinajstić information content (AvgIpc) is 2.60. The van der Waals surface area contributed by atoms with E-state index < -0.39 is 0 Å². The second-order valence-corrected chi connectivity index (χ2v) is 5.18. The lowest BCUT2D eigenvalue weighted by atomic mass is 9.96. The standard InChI is InChI=1S/C11H20N2OS/c1-8-7-15-10(13-8)6-9(12-4)11(2,3)14-5/h7,9,12H,6H2,1-5H3. The summed E-state index contributed by atoms with van der Waals surface area (Å²) in [5.41, 5.74) is 0.925. The van der Waals surface area contributed by atoms with Crippen LogP contribution in [0.2, 0.25) is 0 Å². The second kappa shape index (κ2) is 5.05. The van der Waals surface area contributed by atoms with E-state index in [1.807, 2.05) is 14.0 Å². The lowest BCUT2D eigenvalue weighted by Crippen LogP contribution is -2.48. The van der Waals surface area contributed by atoms with Gasteiger partial charge in [0, 0.05) is 30.6 Å². The van der Waals surface area contributed by atoms with Gasteiger partial charge in [0.2, 0.25) is 0 Å². The van der Waals surface area contributed by atoms with Gasteiger partial charge in [0.05, 0.1) is 10.6 Å². The van der Waals surface area contributed by atoms with Crippen molar-refractivity contribution in [2.75, 3.05) is 14.2 Å². The SMILES string of the molecule is CNC(Cc1nc(C)cs1)C(C)(C)OC. The number of likely N-dealkylation sites (N-methyl/N-ethyl adjacent to an activating group) is 1. The molecule has 0 aliphatic rings. The number of nitrogens with zero attached hydrogens (tertiary/aromatic N) is 1. The molecule has 0 aliphatic heterocycles. The Morgan fingerprint density at radius 1 is 1.60 bits per heavy atom. The van der Waals surface area contributed by atoms with Gasteiger partial charge in [0.15, 0.2) is 0 Å². The Bertz CT molecular complexity index is 309. The van der Waals surface area contributed by atoms with Crippen LogP contribution in [-0.4, -0.2) is 30.8 Å². The molecule has 0 saturated heterocycles. The average molecular weight is 228 g/mol. The lowest BCUT2D eigenvalue weighted by molar-refractivity contribution is -0.00799. The maximum absolute atomic E-state index is 5.48. The van der Waals surface area contributed by atoms with Crippen molar-refractivity contribution < 1.29 is 4.74 Å². The van der Waals surface area contributed by atoms with E-state index in [-0.39, 0.29) is 11.6 Å². The molecule has 0 bridgehead atoms. The van der Waals surface area contributed by atoms with E-state index in [0.29, 0.717) is 0 Å². The molecule has 1 aromatic rings. The molecule has 1 heterocycles. The van der Waals surface area contributed by atoms with E-state index in [1.165, 1.54) is 0 Å². The highest BCUT2D eigenvalue weighted by molar-refractivity contribution is 7.09. The summed E-state index contributed by atoms with van der Waals surface area (Å²) >= 11 is 1.71. The van der Waals surface area contributed by atoms with E-state index >= 15 is 0 Å². The second-order valence-electron chi connectivity index (χ2n) is 4.24. The van der Waals surface area contributed by atoms with Crippen LogP contribution in [0.1, 0.15) is 24.5 Å². The lowest BCUT2D eigenvalue weighted by Gasteiger charge is -2.32. The van der Waals surface area contributed by atoms with Gasteiger partial charge < -0.3 is 10.1 Å². The van der Waals surface area contributed by atoms with Crippen LogP contribution < -0.4 is 5.32 Å². The van der Waals surface area contributed by atoms with Gasteiger partial charge in [0.25, 0.3) is 0 Å². The van der Waals surface area contributed by atoms with Gasteiger partial charge in [-0.15, -0.1) is 11.3 Å². The van der Waals surface area contributed by atoms with Crippen molar-refractivity contribution in [1.29, 1.82) is 0 Å². The van der Waals surface area contributed by atoms with Crippen molar-refractivity contribution >= 4 is 11.3 Å². The summed E-state index contributed by atoms with van der Waals surface area (Å²) < 4.78 is 5.48. The molecule has 1 rings (SSSR count). The van der Waals surface area contributed by atoms with Gasteiger partial charge in [-0.1, -0.05) is 0 Å². The molecule has 0 aromatic carbocycles. The van der Waals surface area contributed by atoms with Gasteiger partial charge in [-0.3, -0.25) is 0 Å². The first kappa shape index (κ1) is 12.6. The van der Waals surface area contributed by atoms with Crippen LogP contribution in [0.4, 0.5) is 0 Å². The number of rotatable bonds is 5. The van der Waals surface area contributed by atoms with E-state index in [1.54, 1.807) is 18.4 Å². The molecule has 15 heavy (non-hydrogen) atoms. The molecule has 3 nitrogen and oxygen atoms in total. The molecule has 1 unspecified atom stereocenters. The zero-order chi connectivity index (χ0) is 11.5. The van der Waals surface area contributed by atoms with Crippen LogP contribution in [0, 0.1) is 6.92 Å². The topological polar surface area (TPSA) is 34.2 Å². The molecule has 4 heteroatoms. The third kappa shape index (κ3) is 3.26. The minimum atomic E-state index is -0.172. The first-order chi connectivity index (χ1) is 6.99. The molecule has 0 spiro atoms. The third-order valence-electron chi connectivity index (χ3n) is 2.76. The van der Waals surface area contributed by atoms with E-state index in [2.05, 4.69) is 29.5 Å². The molecular weight excluding hydrogens is 208 g/mol. The Kier molecular flexibility index (Phi) is 4.25. The van der Waals surface area contributed by atoms with Crippen molar-refractivity contribution in [3.63, 3.8) is 0 Å². The highest BCUT2D eigenvalue weighted by atomic mass is 32.1. The quantitative estimate of drug-likeness (QED) is 0.837. The number of thiazole rings is 1. The number of methoxy groups -OCH3 is 1. The zero-order valence-electron chi connectivity index (χ0n) is 10.1. The van der Waals surface area contributed by atoms with Gasteiger partial charge in [-0.2, -0.15) is 0 Å². The summed E-state index contributed by atoms with van der Waals surface area (Å²) in [6.45, 7) is 6.21. The highest BCUT2D eigenvalue weighted by Crippen LogP contribution is 2.19. The van der Waals surface area contributed by atoms with Crippen LogP contribution in [-0.2, 0) is 11.2 Å². The molecule has 1 atom stereocenters. The van der Waals surface area contributed by atoms with E-state index in [4.69, 9.17) is 4.74 Å². The van der Waals surface area contributed by atoms with Crippen LogP contribution in [0.15, 0.2) is 5.38 Å². The summed E-state index contributed by atoms with van der Waals surface area (Å²) in [5.74, 6) is 0. The minimum Gasteiger partial charge on any atom is -0.377 e. The molecule has 0 fully saturated rings. The normalized spacial score (nSPS) is 14.2. The number of ether oxygens (including phenoxy) is 1. The number of hydrogen-bond donors (Lipinski definition) is 1. The van der Waals surface area contributed by atoms with Gasteiger partial charge in [0.1, 0.15) is 0 Å². The first-order valence-electron chi connectivity index (χ1n) is 5.13. The first-order valence-corrected chi connectivity index (χ1v) is 6.01. The number of hydrogen-bond acceptors (Lipinski definition) is 4. The Balaban J connectivity index is 2.69. The van der Waals surface area contributed by atoms with Gasteiger partial charge in [-0.25, -0.2) is 4.98 Å². The summed E-state index contributed by atoms with van der Waals surface area (Å²) in [4.78, 5) is 4.47. The third-order valence-corrected chi connectivity index (χ3v) is 3.75.